The van der Waals surface area contributed by atoms with E-state index < -0.39 is 10.0 Å². The summed E-state index contributed by atoms with van der Waals surface area (Å²) in [6.45, 7) is 6.02. The van der Waals surface area contributed by atoms with E-state index in [1.807, 2.05) is 45.0 Å². The van der Waals surface area contributed by atoms with E-state index in [-0.39, 0.29) is 17.8 Å². The molecule has 2 atom stereocenters. The Balaban J connectivity index is 2.22. The first kappa shape index (κ1) is 14.5. The normalized spacial score (nSPS) is 25.4. The fraction of sp³-hybridized carbons (Fsp3) is 0.600. The van der Waals surface area contributed by atoms with Gasteiger partial charge in [0.15, 0.2) is 0 Å². The third-order valence-corrected chi connectivity index (χ3v) is 5.93. The molecule has 0 spiro atoms. The summed E-state index contributed by atoms with van der Waals surface area (Å²) in [6, 6.07) is 8.00. The summed E-state index contributed by atoms with van der Waals surface area (Å²) < 4.78 is 26.9. The molecule has 1 fully saturated rings. The number of rotatable bonds is 3. The van der Waals surface area contributed by atoms with Crippen LogP contribution in [0.25, 0.3) is 0 Å². The van der Waals surface area contributed by atoms with Crippen LogP contribution in [0.2, 0.25) is 0 Å². The van der Waals surface area contributed by atoms with Crippen LogP contribution in [0, 0.1) is 6.92 Å². The lowest BCUT2D eigenvalue weighted by Gasteiger charge is -2.37. The monoisotopic (exact) mass is 281 g/mol. The predicted molar refractivity (Wildman–Crippen MR) is 78.4 cm³/mol. The Morgan fingerprint density at radius 3 is 2.42 bits per heavy atom. The Bertz CT molecular complexity index is 529. The molecule has 1 aliphatic rings. The minimum atomic E-state index is -3.22. The third kappa shape index (κ3) is 3.37. The molecule has 0 aromatic heterocycles. The molecule has 0 radical (unpaired) electrons. The van der Waals surface area contributed by atoms with Crippen molar-refractivity contribution >= 4 is 10.0 Å². The highest BCUT2D eigenvalue weighted by molar-refractivity contribution is 7.88. The molecule has 106 valence electrons. The van der Waals surface area contributed by atoms with Crippen molar-refractivity contribution in [1.29, 1.82) is 0 Å². The maximum atomic E-state index is 12.6. The average molecular weight is 281 g/mol. The zero-order valence-corrected chi connectivity index (χ0v) is 12.8. The fourth-order valence-electron chi connectivity index (χ4n) is 3.03. The van der Waals surface area contributed by atoms with Crippen LogP contribution in [0.1, 0.15) is 44.2 Å². The number of piperidine rings is 1. The number of hydrogen-bond donors (Lipinski definition) is 0. The van der Waals surface area contributed by atoms with Crippen molar-refractivity contribution in [3.05, 3.63) is 35.4 Å². The molecule has 0 aliphatic carbocycles. The second kappa shape index (κ2) is 5.63. The summed E-state index contributed by atoms with van der Waals surface area (Å²) in [7, 11) is -3.22. The van der Waals surface area contributed by atoms with Crippen LogP contribution in [0.4, 0.5) is 0 Å². The van der Waals surface area contributed by atoms with Crippen molar-refractivity contribution in [3.8, 4) is 0 Å². The molecule has 1 aromatic rings. The summed E-state index contributed by atoms with van der Waals surface area (Å²) in [6.07, 6.45) is 3.06. The maximum absolute atomic E-state index is 12.6. The third-order valence-electron chi connectivity index (χ3n) is 3.87. The molecule has 2 rings (SSSR count). The van der Waals surface area contributed by atoms with E-state index in [9.17, 15) is 8.42 Å². The molecule has 1 aromatic carbocycles. The summed E-state index contributed by atoms with van der Waals surface area (Å²) in [5.41, 5.74) is 1.98. The first-order valence-electron chi connectivity index (χ1n) is 6.97. The number of hydrogen-bond acceptors (Lipinski definition) is 2. The number of sulfonamides is 1. The summed E-state index contributed by atoms with van der Waals surface area (Å²) in [5, 5.41) is 0. The fourth-order valence-corrected chi connectivity index (χ4v) is 5.09. The van der Waals surface area contributed by atoms with E-state index in [0.29, 0.717) is 0 Å². The van der Waals surface area contributed by atoms with E-state index in [1.54, 1.807) is 4.31 Å². The smallest absolute Gasteiger partial charge is 0.212 e. The highest BCUT2D eigenvalue weighted by Crippen LogP contribution is 2.27. The number of aryl methyl sites for hydroxylation is 1. The molecule has 2 unspecified atom stereocenters. The molecule has 0 bridgehead atoms. The van der Waals surface area contributed by atoms with Gasteiger partial charge in [0.1, 0.15) is 0 Å². The lowest BCUT2D eigenvalue weighted by molar-refractivity contribution is 0.204. The number of benzene rings is 1. The maximum Gasteiger partial charge on any atom is 0.218 e. The second-order valence-corrected chi connectivity index (χ2v) is 7.58. The van der Waals surface area contributed by atoms with Gasteiger partial charge < -0.3 is 0 Å². The lowest BCUT2D eigenvalue weighted by Crippen LogP contribution is -2.47. The first-order chi connectivity index (χ1) is 8.90. The van der Waals surface area contributed by atoms with Crippen LogP contribution < -0.4 is 0 Å². The molecule has 0 saturated carbocycles. The zero-order chi connectivity index (χ0) is 14.0. The number of nitrogens with zero attached hydrogens (tertiary/aromatic N) is 1. The van der Waals surface area contributed by atoms with Gasteiger partial charge in [0.2, 0.25) is 10.0 Å². The van der Waals surface area contributed by atoms with Gasteiger partial charge in [-0.05, 0) is 39.2 Å². The van der Waals surface area contributed by atoms with Gasteiger partial charge in [-0.3, -0.25) is 0 Å². The highest BCUT2D eigenvalue weighted by atomic mass is 32.2. The molecule has 1 saturated heterocycles. The largest absolute Gasteiger partial charge is 0.218 e. The topological polar surface area (TPSA) is 37.4 Å². The van der Waals surface area contributed by atoms with Gasteiger partial charge in [0, 0.05) is 12.1 Å². The van der Waals surface area contributed by atoms with Crippen molar-refractivity contribution in [1.82, 2.24) is 4.31 Å². The van der Waals surface area contributed by atoms with Crippen LogP contribution in [0.15, 0.2) is 24.3 Å². The second-order valence-electron chi connectivity index (χ2n) is 5.70. The molecule has 0 N–H and O–H groups in total. The van der Waals surface area contributed by atoms with Crippen molar-refractivity contribution in [2.24, 2.45) is 0 Å². The molecular formula is C15H23NO2S. The van der Waals surface area contributed by atoms with E-state index in [4.69, 9.17) is 0 Å². The molecule has 1 heterocycles. The standard InChI is InChI=1S/C15H23NO2S/c1-12-6-4-9-15(10-12)11-19(17,18)16-13(2)7-5-8-14(16)3/h4,6,9-10,13-14H,5,7-8,11H2,1-3H3. The van der Waals surface area contributed by atoms with Crippen LogP contribution in [0.5, 0.6) is 0 Å². The molecule has 3 nitrogen and oxygen atoms in total. The van der Waals surface area contributed by atoms with Crippen molar-refractivity contribution < 1.29 is 8.42 Å². The highest BCUT2D eigenvalue weighted by Gasteiger charge is 2.34. The van der Waals surface area contributed by atoms with Gasteiger partial charge in [-0.25, -0.2) is 8.42 Å². The van der Waals surface area contributed by atoms with E-state index in [0.717, 1.165) is 30.4 Å². The van der Waals surface area contributed by atoms with Gasteiger partial charge in [0.05, 0.1) is 5.75 Å². The van der Waals surface area contributed by atoms with Crippen molar-refractivity contribution in [2.45, 2.75) is 57.9 Å². The summed E-state index contributed by atoms with van der Waals surface area (Å²) in [4.78, 5) is 0. The SMILES string of the molecule is Cc1cccc(CS(=O)(=O)N2C(C)CCCC2C)c1. The Kier molecular flexibility index (Phi) is 4.31. The Morgan fingerprint density at radius 1 is 1.21 bits per heavy atom. The first-order valence-corrected chi connectivity index (χ1v) is 8.58. The zero-order valence-electron chi connectivity index (χ0n) is 12.0. The summed E-state index contributed by atoms with van der Waals surface area (Å²) >= 11 is 0. The van der Waals surface area contributed by atoms with Crippen LogP contribution in [-0.2, 0) is 15.8 Å². The molecular weight excluding hydrogens is 258 g/mol. The quantitative estimate of drug-likeness (QED) is 0.854. The van der Waals surface area contributed by atoms with Crippen molar-refractivity contribution in [3.63, 3.8) is 0 Å². The molecule has 19 heavy (non-hydrogen) atoms. The van der Waals surface area contributed by atoms with Gasteiger partial charge in [-0.15, -0.1) is 0 Å². The van der Waals surface area contributed by atoms with Gasteiger partial charge >= 0.3 is 0 Å². The van der Waals surface area contributed by atoms with Crippen LogP contribution in [-0.4, -0.2) is 24.8 Å². The van der Waals surface area contributed by atoms with Gasteiger partial charge in [-0.1, -0.05) is 36.2 Å². The van der Waals surface area contributed by atoms with Crippen LogP contribution in [0.3, 0.4) is 0 Å². The van der Waals surface area contributed by atoms with E-state index in [2.05, 4.69) is 0 Å². The Labute approximate surface area is 116 Å². The van der Waals surface area contributed by atoms with Gasteiger partial charge in [0.25, 0.3) is 0 Å². The van der Waals surface area contributed by atoms with Crippen LogP contribution >= 0.6 is 0 Å². The minimum Gasteiger partial charge on any atom is -0.212 e. The Hall–Kier alpha value is -0.870. The molecule has 4 heteroatoms. The average Bonchev–Trinajstić information content (AvgIpc) is 2.27. The molecule has 0 amide bonds. The van der Waals surface area contributed by atoms with Gasteiger partial charge in [-0.2, -0.15) is 4.31 Å². The lowest BCUT2D eigenvalue weighted by atomic mass is 10.0. The van der Waals surface area contributed by atoms with E-state index in [1.165, 1.54) is 0 Å². The van der Waals surface area contributed by atoms with E-state index >= 15 is 0 Å². The Morgan fingerprint density at radius 2 is 1.84 bits per heavy atom. The summed E-state index contributed by atoms with van der Waals surface area (Å²) in [5.74, 6) is 0.114. The molecule has 1 aliphatic heterocycles. The predicted octanol–water partition coefficient (Wildman–Crippen LogP) is 3.09. The van der Waals surface area contributed by atoms with Crippen molar-refractivity contribution in [2.75, 3.05) is 0 Å². The minimum absolute atomic E-state index is 0.114.